The largest absolute Gasteiger partial charge is 0.497 e. The topological polar surface area (TPSA) is 82.1 Å². The van der Waals surface area contributed by atoms with Crippen molar-refractivity contribution in [3.8, 4) is 5.75 Å². The highest BCUT2D eigenvalue weighted by Crippen LogP contribution is 2.38. The van der Waals surface area contributed by atoms with Gasteiger partial charge in [-0.1, -0.05) is 12.1 Å². The van der Waals surface area contributed by atoms with Crippen LogP contribution in [0.3, 0.4) is 0 Å². The van der Waals surface area contributed by atoms with Gasteiger partial charge in [0.1, 0.15) is 11.8 Å². The van der Waals surface area contributed by atoms with E-state index in [1.165, 1.54) is 25.0 Å². The lowest BCUT2D eigenvalue weighted by Crippen LogP contribution is -2.42. The Morgan fingerprint density at radius 2 is 1.76 bits per heavy atom. The van der Waals surface area contributed by atoms with Gasteiger partial charge in [0.15, 0.2) is 0 Å². The molecule has 1 aliphatic heterocycles. The summed E-state index contributed by atoms with van der Waals surface area (Å²) in [6.45, 7) is 3.20. The first kappa shape index (κ1) is 18.5. The maximum Gasteiger partial charge on any atom is 0.335 e. The minimum Gasteiger partial charge on any atom is -0.497 e. The molecule has 0 aromatic heterocycles. The van der Waals surface area contributed by atoms with E-state index < -0.39 is 24.0 Å². The van der Waals surface area contributed by atoms with Crippen LogP contribution >= 0.6 is 0 Å². The second kappa shape index (κ2) is 7.83. The van der Waals surface area contributed by atoms with Crippen molar-refractivity contribution >= 4 is 17.8 Å². The van der Waals surface area contributed by atoms with Crippen LogP contribution in [0, 0.1) is 0 Å². The number of carbonyl (C=O) groups is 3. The average Bonchev–Trinajstić information content (AvgIpc) is 3.02. The molecular formula is C18H21NO6. The Morgan fingerprint density at radius 3 is 2.24 bits per heavy atom. The van der Waals surface area contributed by atoms with Gasteiger partial charge in [0, 0.05) is 6.92 Å². The summed E-state index contributed by atoms with van der Waals surface area (Å²) in [6.07, 6.45) is 1.43. The van der Waals surface area contributed by atoms with Crippen LogP contribution < -0.4 is 4.74 Å². The lowest BCUT2D eigenvalue weighted by molar-refractivity contribution is -0.152. The number of rotatable bonds is 5. The Hall–Kier alpha value is -2.83. The van der Waals surface area contributed by atoms with Crippen molar-refractivity contribution in [3.63, 3.8) is 0 Å². The van der Waals surface area contributed by atoms with Gasteiger partial charge in [0.25, 0.3) is 0 Å². The van der Waals surface area contributed by atoms with E-state index in [9.17, 15) is 14.4 Å². The van der Waals surface area contributed by atoms with Crippen LogP contribution in [0.15, 0.2) is 35.9 Å². The molecule has 2 rings (SSSR count). The zero-order valence-electron chi connectivity index (χ0n) is 14.6. The molecule has 1 aromatic carbocycles. The van der Waals surface area contributed by atoms with Gasteiger partial charge in [0.05, 0.1) is 32.4 Å². The molecule has 0 fully saturated rings. The molecule has 2 atom stereocenters. The molecule has 0 aliphatic carbocycles. The molecule has 7 nitrogen and oxygen atoms in total. The van der Waals surface area contributed by atoms with Gasteiger partial charge in [-0.15, -0.1) is 0 Å². The predicted octanol–water partition coefficient (Wildman–Crippen LogP) is 1.63. The van der Waals surface area contributed by atoms with Crippen LogP contribution in [0.4, 0.5) is 0 Å². The number of esters is 2. The first-order valence-corrected chi connectivity index (χ1v) is 7.84. The molecule has 0 bridgehead atoms. The van der Waals surface area contributed by atoms with Crippen molar-refractivity contribution in [2.45, 2.75) is 25.9 Å². The highest BCUT2D eigenvalue weighted by Gasteiger charge is 2.44. The van der Waals surface area contributed by atoms with Gasteiger partial charge in [-0.3, -0.25) is 4.79 Å². The summed E-state index contributed by atoms with van der Waals surface area (Å²) in [5, 5.41) is 0. The predicted molar refractivity (Wildman–Crippen MR) is 88.8 cm³/mol. The number of hydrogen-bond acceptors (Lipinski definition) is 6. The second-order valence-electron chi connectivity index (χ2n) is 5.41. The Labute approximate surface area is 146 Å². The quantitative estimate of drug-likeness (QED) is 0.753. The molecule has 134 valence electrons. The van der Waals surface area contributed by atoms with Gasteiger partial charge < -0.3 is 19.1 Å². The standard InChI is InChI=1S/C18H21NO6/c1-5-25-18(22)15-10-14(17(21)24-4)16(19(15)11(2)20)12-6-8-13(23-3)9-7-12/h6-10,15-16H,5H2,1-4H3/t15-,16-/m1/s1. The van der Waals surface area contributed by atoms with E-state index in [4.69, 9.17) is 14.2 Å². The summed E-state index contributed by atoms with van der Waals surface area (Å²) in [5.74, 6) is -0.898. The van der Waals surface area contributed by atoms with Crippen molar-refractivity contribution in [3.05, 3.63) is 41.5 Å². The Morgan fingerprint density at radius 1 is 1.12 bits per heavy atom. The van der Waals surface area contributed by atoms with Gasteiger partial charge >= 0.3 is 11.9 Å². The van der Waals surface area contributed by atoms with Crippen molar-refractivity contribution in [2.75, 3.05) is 20.8 Å². The van der Waals surface area contributed by atoms with Gasteiger partial charge in [-0.2, -0.15) is 0 Å². The number of methoxy groups -OCH3 is 2. The van der Waals surface area contributed by atoms with Crippen LogP contribution in [0.5, 0.6) is 5.75 Å². The molecule has 1 amide bonds. The lowest BCUT2D eigenvalue weighted by Gasteiger charge is -2.29. The fraction of sp³-hybridized carbons (Fsp3) is 0.389. The summed E-state index contributed by atoms with van der Waals surface area (Å²) in [6, 6.07) is 5.22. The summed E-state index contributed by atoms with van der Waals surface area (Å²) in [4.78, 5) is 38.0. The van der Waals surface area contributed by atoms with Crippen molar-refractivity contribution in [1.29, 1.82) is 0 Å². The number of hydrogen-bond donors (Lipinski definition) is 0. The first-order valence-electron chi connectivity index (χ1n) is 7.84. The maximum absolute atomic E-state index is 12.3. The van der Waals surface area contributed by atoms with Crippen LogP contribution in [0.25, 0.3) is 0 Å². The molecule has 0 saturated heterocycles. The minimum atomic E-state index is -0.973. The van der Waals surface area contributed by atoms with Gasteiger partial charge in [-0.05, 0) is 30.7 Å². The molecule has 0 saturated carbocycles. The fourth-order valence-corrected chi connectivity index (χ4v) is 2.86. The fourth-order valence-electron chi connectivity index (χ4n) is 2.86. The third-order valence-corrected chi connectivity index (χ3v) is 3.95. The molecule has 0 radical (unpaired) electrons. The average molecular weight is 347 g/mol. The normalized spacial score (nSPS) is 19.2. The highest BCUT2D eigenvalue weighted by atomic mass is 16.5. The van der Waals surface area contributed by atoms with Crippen molar-refractivity contribution in [1.82, 2.24) is 4.90 Å². The van der Waals surface area contributed by atoms with E-state index in [0.29, 0.717) is 11.3 Å². The molecular weight excluding hydrogens is 326 g/mol. The van der Waals surface area contributed by atoms with Gasteiger partial charge in [0.2, 0.25) is 5.91 Å². The molecule has 7 heteroatoms. The summed E-state index contributed by atoms with van der Waals surface area (Å²) in [7, 11) is 2.80. The molecule has 1 aromatic rings. The van der Waals surface area contributed by atoms with E-state index >= 15 is 0 Å². The molecule has 0 spiro atoms. The third kappa shape index (κ3) is 3.65. The minimum absolute atomic E-state index is 0.176. The number of carbonyl (C=O) groups excluding carboxylic acids is 3. The number of amides is 1. The van der Waals surface area contributed by atoms with E-state index in [0.717, 1.165) is 0 Å². The molecule has 25 heavy (non-hydrogen) atoms. The third-order valence-electron chi connectivity index (χ3n) is 3.95. The maximum atomic E-state index is 12.3. The van der Waals surface area contributed by atoms with Crippen molar-refractivity contribution < 1.29 is 28.6 Å². The number of benzene rings is 1. The zero-order chi connectivity index (χ0) is 18.6. The number of ether oxygens (including phenoxy) is 3. The second-order valence-corrected chi connectivity index (χ2v) is 5.41. The Bertz CT molecular complexity index is 694. The molecule has 0 unspecified atom stereocenters. The summed E-state index contributed by atoms with van der Waals surface area (Å²) in [5.41, 5.74) is 0.889. The first-order chi connectivity index (χ1) is 11.9. The van der Waals surface area contributed by atoms with E-state index in [2.05, 4.69) is 0 Å². The zero-order valence-corrected chi connectivity index (χ0v) is 14.6. The molecule has 1 aliphatic rings. The van der Waals surface area contributed by atoms with Crippen LogP contribution in [0.1, 0.15) is 25.5 Å². The van der Waals surface area contributed by atoms with Gasteiger partial charge in [-0.25, -0.2) is 9.59 Å². The SMILES string of the molecule is CCOC(=O)[C@H]1C=C(C(=O)OC)[C@@H](c2ccc(OC)cc2)N1C(C)=O. The van der Waals surface area contributed by atoms with Crippen LogP contribution in [0.2, 0.25) is 0 Å². The highest BCUT2D eigenvalue weighted by molar-refractivity contribution is 5.96. The lowest BCUT2D eigenvalue weighted by atomic mass is 9.99. The smallest absolute Gasteiger partial charge is 0.335 e. The van der Waals surface area contributed by atoms with E-state index in [-0.39, 0.29) is 18.1 Å². The van der Waals surface area contributed by atoms with E-state index in [1.807, 2.05) is 0 Å². The molecule has 1 heterocycles. The summed E-state index contributed by atoms with van der Waals surface area (Å²) >= 11 is 0. The monoisotopic (exact) mass is 347 g/mol. The summed E-state index contributed by atoms with van der Waals surface area (Å²) < 4.78 is 15.0. The van der Waals surface area contributed by atoms with Crippen LogP contribution in [-0.2, 0) is 23.9 Å². The van der Waals surface area contributed by atoms with Crippen LogP contribution in [-0.4, -0.2) is 49.6 Å². The van der Waals surface area contributed by atoms with Crippen molar-refractivity contribution in [2.24, 2.45) is 0 Å². The number of nitrogens with zero attached hydrogens (tertiary/aromatic N) is 1. The Balaban J connectivity index is 2.50. The molecule has 0 N–H and O–H groups in total. The van der Waals surface area contributed by atoms with E-state index in [1.54, 1.807) is 38.3 Å². The Kier molecular flexibility index (Phi) is 5.80.